The monoisotopic (exact) mass is 312 g/mol. The predicted molar refractivity (Wildman–Crippen MR) is 83.1 cm³/mol. The van der Waals surface area contributed by atoms with E-state index in [-0.39, 0.29) is 12.5 Å². The van der Waals surface area contributed by atoms with Gasteiger partial charge in [-0.3, -0.25) is 4.79 Å². The Bertz CT molecular complexity index is 473. The second-order valence-corrected chi connectivity index (χ2v) is 5.47. The van der Waals surface area contributed by atoms with E-state index in [1.165, 1.54) is 6.42 Å². The summed E-state index contributed by atoms with van der Waals surface area (Å²) in [6, 6.07) is 6.87. The Kier molecular flexibility index (Phi) is 5.61. The summed E-state index contributed by atoms with van der Waals surface area (Å²) in [6.07, 6.45) is 3.47. The number of carbonyl (C=O) groups is 1. The zero-order chi connectivity index (χ0) is 14.4. The molecule has 20 heavy (non-hydrogen) atoms. The molecule has 0 bridgehead atoms. The fourth-order valence-electron chi connectivity index (χ4n) is 2.01. The molecule has 0 atom stereocenters. The number of carbonyl (C=O) groups excluding carboxylic acids is 1. The summed E-state index contributed by atoms with van der Waals surface area (Å²) in [7, 11) is 0. The molecule has 1 aromatic carbocycles. The molecule has 0 radical (unpaired) electrons. The minimum atomic E-state index is -0.240. The van der Waals surface area contributed by atoms with E-state index in [2.05, 4.69) is 5.32 Å². The van der Waals surface area contributed by atoms with Crippen molar-refractivity contribution in [1.29, 1.82) is 0 Å². The first-order valence-electron chi connectivity index (χ1n) is 6.62. The van der Waals surface area contributed by atoms with Gasteiger partial charge in [-0.2, -0.15) is 0 Å². The third-order valence-electron chi connectivity index (χ3n) is 3.07. The molecule has 0 aliphatic carbocycles. The van der Waals surface area contributed by atoms with Gasteiger partial charge in [0, 0.05) is 18.1 Å². The van der Waals surface area contributed by atoms with Crippen LogP contribution < -0.4 is 10.1 Å². The first-order chi connectivity index (χ1) is 9.65. The van der Waals surface area contributed by atoms with Crippen molar-refractivity contribution >= 4 is 34.8 Å². The van der Waals surface area contributed by atoms with Crippen molar-refractivity contribution in [1.82, 2.24) is 10.2 Å². The van der Waals surface area contributed by atoms with Crippen LogP contribution in [-0.2, 0) is 4.79 Å². The number of amides is 1. The van der Waals surface area contributed by atoms with Gasteiger partial charge >= 0.3 is 0 Å². The molecule has 2 rings (SSSR count). The van der Waals surface area contributed by atoms with Crippen molar-refractivity contribution in [2.24, 2.45) is 0 Å². The molecule has 1 aliphatic rings. The minimum absolute atomic E-state index is 0.0599. The van der Waals surface area contributed by atoms with Gasteiger partial charge in [0.15, 0.2) is 11.7 Å². The zero-order valence-corrected chi connectivity index (χ0v) is 12.7. The number of rotatable bonds is 3. The third-order valence-corrected chi connectivity index (χ3v) is 3.69. The van der Waals surface area contributed by atoms with Crippen LogP contribution >= 0.6 is 23.8 Å². The maximum absolute atomic E-state index is 11.8. The summed E-state index contributed by atoms with van der Waals surface area (Å²) in [5.74, 6) is 0.365. The lowest BCUT2D eigenvalue weighted by Gasteiger charge is -2.28. The number of ether oxygens (including phenoxy) is 1. The quantitative estimate of drug-likeness (QED) is 0.871. The molecule has 1 fully saturated rings. The number of nitrogens with zero attached hydrogens (tertiary/aromatic N) is 1. The van der Waals surface area contributed by atoms with Crippen molar-refractivity contribution in [2.45, 2.75) is 19.3 Å². The average Bonchev–Trinajstić information content (AvgIpc) is 2.47. The van der Waals surface area contributed by atoms with Crippen LogP contribution in [0.15, 0.2) is 24.3 Å². The normalized spacial score (nSPS) is 14.8. The molecule has 6 heteroatoms. The van der Waals surface area contributed by atoms with Crippen LogP contribution in [0.25, 0.3) is 0 Å². The number of piperidine rings is 1. The standard InChI is InChI=1S/C14H17ClN2O2S/c15-11-4-6-12(7-5-11)19-10-13(18)16-14(20)17-8-2-1-3-9-17/h4-7H,1-3,8-10H2,(H,16,18,20). The van der Waals surface area contributed by atoms with Crippen LogP contribution in [0.4, 0.5) is 0 Å². The predicted octanol–water partition coefficient (Wildman–Crippen LogP) is 2.61. The molecule has 1 saturated heterocycles. The molecule has 108 valence electrons. The van der Waals surface area contributed by atoms with Gasteiger partial charge in [-0.1, -0.05) is 11.6 Å². The zero-order valence-electron chi connectivity index (χ0n) is 11.1. The van der Waals surface area contributed by atoms with Crippen molar-refractivity contribution in [2.75, 3.05) is 19.7 Å². The molecule has 1 aliphatic heterocycles. The summed E-state index contributed by atoms with van der Waals surface area (Å²) < 4.78 is 5.36. The van der Waals surface area contributed by atoms with Crippen LogP contribution in [0.3, 0.4) is 0 Å². The molecule has 1 N–H and O–H groups in total. The largest absolute Gasteiger partial charge is 0.484 e. The van der Waals surface area contributed by atoms with E-state index in [1.54, 1.807) is 24.3 Å². The first kappa shape index (κ1) is 15.1. The maximum Gasteiger partial charge on any atom is 0.264 e. The Labute approximate surface area is 129 Å². The number of nitrogens with one attached hydrogen (secondary N) is 1. The fraction of sp³-hybridized carbons (Fsp3) is 0.429. The average molecular weight is 313 g/mol. The Morgan fingerprint density at radius 2 is 1.90 bits per heavy atom. The molecular formula is C14H17ClN2O2S. The van der Waals surface area contributed by atoms with E-state index in [9.17, 15) is 4.79 Å². The van der Waals surface area contributed by atoms with Gasteiger partial charge in [0.05, 0.1) is 0 Å². The van der Waals surface area contributed by atoms with Gasteiger partial charge in [-0.05, 0) is 55.7 Å². The Morgan fingerprint density at radius 1 is 1.25 bits per heavy atom. The van der Waals surface area contributed by atoms with Crippen molar-refractivity contribution in [3.8, 4) is 5.75 Å². The van der Waals surface area contributed by atoms with Gasteiger partial charge in [0.1, 0.15) is 5.75 Å². The van der Waals surface area contributed by atoms with Crippen LogP contribution in [0, 0.1) is 0 Å². The lowest BCUT2D eigenvalue weighted by molar-refractivity contribution is -0.121. The smallest absolute Gasteiger partial charge is 0.264 e. The fourth-order valence-corrected chi connectivity index (χ4v) is 2.43. The highest BCUT2D eigenvalue weighted by Gasteiger charge is 2.15. The van der Waals surface area contributed by atoms with E-state index >= 15 is 0 Å². The molecule has 4 nitrogen and oxygen atoms in total. The number of hydrogen-bond donors (Lipinski definition) is 1. The second kappa shape index (κ2) is 7.45. The SMILES string of the molecule is O=C(COc1ccc(Cl)cc1)NC(=S)N1CCCCC1. The van der Waals surface area contributed by atoms with Gasteiger partial charge in [0.2, 0.25) is 0 Å². The van der Waals surface area contributed by atoms with Crippen molar-refractivity contribution < 1.29 is 9.53 Å². The van der Waals surface area contributed by atoms with Crippen LogP contribution in [0.1, 0.15) is 19.3 Å². The highest BCUT2D eigenvalue weighted by Crippen LogP contribution is 2.15. The summed E-state index contributed by atoms with van der Waals surface area (Å²) in [4.78, 5) is 13.8. The Hall–Kier alpha value is -1.33. The highest BCUT2D eigenvalue weighted by atomic mass is 35.5. The molecular weight excluding hydrogens is 296 g/mol. The molecule has 0 saturated carbocycles. The maximum atomic E-state index is 11.8. The molecule has 0 unspecified atom stereocenters. The van der Waals surface area contributed by atoms with E-state index < -0.39 is 0 Å². The van der Waals surface area contributed by atoms with Gasteiger partial charge < -0.3 is 15.0 Å². The van der Waals surface area contributed by atoms with E-state index in [1.807, 2.05) is 4.90 Å². The lowest BCUT2D eigenvalue weighted by Crippen LogP contribution is -2.46. The van der Waals surface area contributed by atoms with Crippen LogP contribution in [0.5, 0.6) is 5.75 Å². The van der Waals surface area contributed by atoms with E-state index in [0.717, 1.165) is 25.9 Å². The summed E-state index contributed by atoms with van der Waals surface area (Å²) in [6.45, 7) is 1.77. The van der Waals surface area contributed by atoms with Crippen LogP contribution in [0.2, 0.25) is 5.02 Å². The molecule has 1 heterocycles. The Balaban J connectivity index is 1.74. The number of benzene rings is 1. The summed E-state index contributed by atoms with van der Waals surface area (Å²) in [5.41, 5.74) is 0. The molecule has 1 amide bonds. The second-order valence-electron chi connectivity index (χ2n) is 4.64. The highest BCUT2D eigenvalue weighted by molar-refractivity contribution is 7.80. The number of halogens is 1. The molecule has 1 aromatic rings. The summed E-state index contributed by atoms with van der Waals surface area (Å²) >= 11 is 11.0. The topological polar surface area (TPSA) is 41.6 Å². The van der Waals surface area contributed by atoms with Crippen molar-refractivity contribution in [3.05, 3.63) is 29.3 Å². The third kappa shape index (κ3) is 4.65. The van der Waals surface area contributed by atoms with Crippen LogP contribution in [-0.4, -0.2) is 35.6 Å². The van der Waals surface area contributed by atoms with Gasteiger partial charge in [-0.25, -0.2) is 0 Å². The van der Waals surface area contributed by atoms with Gasteiger partial charge in [-0.15, -0.1) is 0 Å². The molecule has 0 spiro atoms. The minimum Gasteiger partial charge on any atom is -0.484 e. The Morgan fingerprint density at radius 3 is 2.55 bits per heavy atom. The van der Waals surface area contributed by atoms with Crippen molar-refractivity contribution in [3.63, 3.8) is 0 Å². The van der Waals surface area contributed by atoms with Gasteiger partial charge in [0.25, 0.3) is 5.91 Å². The molecule has 0 aromatic heterocycles. The first-order valence-corrected chi connectivity index (χ1v) is 7.41. The number of thiocarbonyl (C=S) groups is 1. The number of hydrogen-bond acceptors (Lipinski definition) is 3. The lowest BCUT2D eigenvalue weighted by atomic mass is 10.1. The van der Waals surface area contributed by atoms with E-state index in [0.29, 0.717) is 15.9 Å². The van der Waals surface area contributed by atoms with E-state index in [4.69, 9.17) is 28.6 Å². The number of likely N-dealkylation sites (tertiary alicyclic amines) is 1. The summed E-state index contributed by atoms with van der Waals surface area (Å²) in [5, 5.41) is 3.83.